The lowest BCUT2D eigenvalue weighted by atomic mass is 9.94. The highest BCUT2D eigenvalue weighted by atomic mass is 16.4. The van der Waals surface area contributed by atoms with E-state index in [4.69, 9.17) is 13.8 Å². The summed E-state index contributed by atoms with van der Waals surface area (Å²) in [7, 11) is 0. The van der Waals surface area contributed by atoms with Crippen LogP contribution in [0, 0.1) is 0 Å². The molecule has 8 aromatic carbocycles. The number of rotatable bonds is 7. The summed E-state index contributed by atoms with van der Waals surface area (Å²) in [6.07, 6.45) is 0. The Balaban J connectivity index is 1.00. The molecule has 4 nitrogen and oxygen atoms in total. The van der Waals surface area contributed by atoms with Crippen LogP contribution in [0.4, 0.5) is 17.1 Å². The van der Waals surface area contributed by atoms with Gasteiger partial charge in [0.2, 0.25) is 5.89 Å². The number of benzene rings is 8. The SMILES string of the molecule is c1ccc(-c2nc3cc4oc5c(-c6ccc(N(c7ccccc7)c7ccc(-c8ccccc8-c8ccccc8)cc7)cc6)cccc5c4cc3o2)cc1. The molecule has 2 aromatic heterocycles. The molecule has 0 aliphatic rings. The minimum atomic E-state index is 0.604. The second kappa shape index (κ2) is 12.9. The van der Waals surface area contributed by atoms with Crippen molar-refractivity contribution < 1.29 is 8.83 Å². The molecular formula is C49H32N2O2. The molecule has 0 saturated carbocycles. The molecule has 0 amide bonds. The number of anilines is 3. The molecule has 53 heavy (non-hydrogen) atoms. The van der Waals surface area contributed by atoms with Gasteiger partial charge in [0.25, 0.3) is 0 Å². The fourth-order valence-electron chi connectivity index (χ4n) is 7.36. The van der Waals surface area contributed by atoms with E-state index in [9.17, 15) is 0 Å². The minimum Gasteiger partial charge on any atom is -0.455 e. The first-order valence-corrected chi connectivity index (χ1v) is 17.8. The second-order valence-electron chi connectivity index (χ2n) is 13.2. The Morgan fingerprint density at radius 2 is 0.868 bits per heavy atom. The van der Waals surface area contributed by atoms with Crippen LogP contribution in [0.15, 0.2) is 203 Å². The fraction of sp³-hybridized carbons (Fsp3) is 0. The highest BCUT2D eigenvalue weighted by molar-refractivity contribution is 6.12. The maximum Gasteiger partial charge on any atom is 0.227 e. The summed E-state index contributed by atoms with van der Waals surface area (Å²) in [6, 6.07) is 67.6. The van der Waals surface area contributed by atoms with Crippen LogP contribution in [0.2, 0.25) is 0 Å². The number of furan rings is 1. The Kier molecular flexibility index (Phi) is 7.43. The maximum atomic E-state index is 6.57. The van der Waals surface area contributed by atoms with Gasteiger partial charge in [0.05, 0.1) is 0 Å². The summed E-state index contributed by atoms with van der Waals surface area (Å²) >= 11 is 0. The van der Waals surface area contributed by atoms with Crippen molar-refractivity contribution in [2.75, 3.05) is 4.90 Å². The third-order valence-corrected chi connectivity index (χ3v) is 9.93. The molecule has 0 N–H and O–H groups in total. The minimum absolute atomic E-state index is 0.604. The third kappa shape index (κ3) is 5.54. The van der Waals surface area contributed by atoms with Gasteiger partial charge >= 0.3 is 0 Å². The van der Waals surface area contributed by atoms with Crippen LogP contribution in [-0.2, 0) is 0 Å². The van der Waals surface area contributed by atoms with Gasteiger partial charge in [-0.3, -0.25) is 0 Å². The predicted octanol–water partition coefficient (Wildman–Crippen LogP) is 13.9. The molecule has 0 radical (unpaired) electrons. The zero-order valence-electron chi connectivity index (χ0n) is 28.7. The lowest BCUT2D eigenvalue weighted by molar-refractivity contribution is 0.620. The molecule has 0 unspecified atom stereocenters. The maximum absolute atomic E-state index is 6.57. The van der Waals surface area contributed by atoms with Gasteiger partial charge in [0.15, 0.2) is 5.58 Å². The summed E-state index contributed by atoms with van der Waals surface area (Å²) in [4.78, 5) is 7.06. The van der Waals surface area contributed by atoms with Gasteiger partial charge in [0, 0.05) is 45.0 Å². The summed E-state index contributed by atoms with van der Waals surface area (Å²) in [5, 5.41) is 2.05. The molecule has 10 rings (SSSR count). The van der Waals surface area contributed by atoms with Gasteiger partial charge in [-0.1, -0.05) is 133 Å². The molecule has 0 aliphatic heterocycles. The molecule has 4 heteroatoms. The molecule has 250 valence electrons. The van der Waals surface area contributed by atoms with Crippen molar-refractivity contribution in [2.45, 2.75) is 0 Å². The molecule has 0 atom stereocenters. The third-order valence-electron chi connectivity index (χ3n) is 9.93. The molecule has 0 saturated heterocycles. The zero-order valence-corrected chi connectivity index (χ0v) is 28.7. The van der Waals surface area contributed by atoms with Crippen molar-refractivity contribution in [3.63, 3.8) is 0 Å². The first-order chi connectivity index (χ1) is 26.3. The van der Waals surface area contributed by atoms with E-state index in [0.29, 0.717) is 5.89 Å². The predicted molar refractivity (Wildman–Crippen MR) is 218 cm³/mol. The van der Waals surface area contributed by atoms with Crippen molar-refractivity contribution in [3.8, 4) is 44.8 Å². The van der Waals surface area contributed by atoms with Crippen molar-refractivity contribution in [2.24, 2.45) is 0 Å². The van der Waals surface area contributed by atoms with E-state index in [1.54, 1.807) is 0 Å². The van der Waals surface area contributed by atoms with E-state index in [2.05, 4.69) is 157 Å². The van der Waals surface area contributed by atoms with Gasteiger partial charge < -0.3 is 13.7 Å². The van der Waals surface area contributed by atoms with Crippen molar-refractivity contribution in [1.29, 1.82) is 0 Å². The van der Waals surface area contributed by atoms with Crippen LogP contribution < -0.4 is 4.90 Å². The Morgan fingerprint density at radius 3 is 1.51 bits per heavy atom. The molecule has 0 fully saturated rings. The van der Waals surface area contributed by atoms with Crippen molar-refractivity contribution in [1.82, 2.24) is 4.98 Å². The molecule has 0 spiro atoms. The molecule has 10 aromatic rings. The summed E-state index contributed by atoms with van der Waals surface area (Å²) in [5.41, 5.74) is 14.3. The van der Waals surface area contributed by atoms with Gasteiger partial charge in [-0.2, -0.15) is 0 Å². The number of fused-ring (bicyclic) bond motifs is 4. The van der Waals surface area contributed by atoms with Crippen molar-refractivity contribution in [3.05, 3.63) is 194 Å². The lowest BCUT2D eigenvalue weighted by Gasteiger charge is -2.26. The smallest absolute Gasteiger partial charge is 0.227 e. The Hall–Kier alpha value is -7.17. The van der Waals surface area contributed by atoms with E-state index in [1.807, 2.05) is 42.5 Å². The van der Waals surface area contributed by atoms with Crippen LogP contribution in [0.5, 0.6) is 0 Å². The average molecular weight is 681 g/mol. The van der Waals surface area contributed by atoms with Gasteiger partial charge in [-0.15, -0.1) is 0 Å². The van der Waals surface area contributed by atoms with Crippen LogP contribution in [-0.4, -0.2) is 4.98 Å². The Labute approximate surface area is 306 Å². The molecule has 0 aliphatic carbocycles. The summed E-state index contributed by atoms with van der Waals surface area (Å²) in [6.45, 7) is 0. The van der Waals surface area contributed by atoms with Gasteiger partial charge in [-0.05, 0) is 82.4 Å². The topological polar surface area (TPSA) is 42.4 Å². The zero-order chi connectivity index (χ0) is 35.1. The van der Waals surface area contributed by atoms with Crippen LogP contribution in [0.3, 0.4) is 0 Å². The first kappa shape index (κ1) is 30.6. The largest absolute Gasteiger partial charge is 0.455 e. The number of hydrogen-bond donors (Lipinski definition) is 0. The van der Waals surface area contributed by atoms with E-state index in [0.717, 1.165) is 66.8 Å². The molecular weight excluding hydrogens is 649 g/mol. The highest BCUT2D eigenvalue weighted by Crippen LogP contribution is 2.41. The average Bonchev–Trinajstić information content (AvgIpc) is 3.82. The first-order valence-electron chi connectivity index (χ1n) is 17.8. The lowest BCUT2D eigenvalue weighted by Crippen LogP contribution is -2.09. The highest BCUT2D eigenvalue weighted by Gasteiger charge is 2.18. The van der Waals surface area contributed by atoms with E-state index in [-0.39, 0.29) is 0 Å². The second-order valence-corrected chi connectivity index (χ2v) is 13.2. The Morgan fingerprint density at radius 1 is 0.358 bits per heavy atom. The number of oxazole rings is 1. The standard InChI is InChI=1S/C49H32N2O2/c1-4-13-33(14-5-1)40-19-10-11-20-41(40)34-23-27-38(28-24-34)51(37-17-8-3-9-18-37)39-29-25-35(26-30-39)42-21-12-22-43-44-31-47-45(32-46(44)52-48(42)43)50-49(53-47)36-15-6-2-7-16-36/h1-32H. The molecule has 0 bridgehead atoms. The van der Waals surface area contributed by atoms with E-state index >= 15 is 0 Å². The number of aromatic nitrogens is 1. The monoisotopic (exact) mass is 680 g/mol. The van der Waals surface area contributed by atoms with E-state index in [1.165, 1.54) is 22.3 Å². The van der Waals surface area contributed by atoms with E-state index < -0.39 is 0 Å². The number of hydrogen-bond acceptors (Lipinski definition) is 4. The number of nitrogens with zero attached hydrogens (tertiary/aromatic N) is 2. The van der Waals surface area contributed by atoms with Gasteiger partial charge in [-0.25, -0.2) is 4.98 Å². The van der Waals surface area contributed by atoms with Gasteiger partial charge in [0.1, 0.15) is 16.7 Å². The summed E-state index contributed by atoms with van der Waals surface area (Å²) in [5.74, 6) is 0.604. The normalized spacial score (nSPS) is 11.4. The van der Waals surface area contributed by atoms with Crippen LogP contribution in [0.1, 0.15) is 0 Å². The summed E-state index contributed by atoms with van der Waals surface area (Å²) < 4.78 is 12.8. The quantitative estimate of drug-likeness (QED) is 0.168. The van der Waals surface area contributed by atoms with Crippen LogP contribution >= 0.6 is 0 Å². The van der Waals surface area contributed by atoms with Crippen molar-refractivity contribution >= 4 is 50.1 Å². The Bertz CT molecular complexity index is 2860. The molecule has 2 heterocycles. The number of para-hydroxylation sites is 2. The van der Waals surface area contributed by atoms with Crippen LogP contribution in [0.25, 0.3) is 77.9 Å². The fourth-order valence-corrected chi connectivity index (χ4v) is 7.36.